The summed E-state index contributed by atoms with van der Waals surface area (Å²) in [5.41, 5.74) is 1.92. The molecule has 0 unspecified atom stereocenters. The Labute approximate surface area is 103 Å². The summed E-state index contributed by atoms with van der Waals surface area (Å²) in [6.07, 6.45) is 2.64. The third-order valence-corrected chi connectivity index (χ3v) is 4.39. The standard InChI is InChI=1S/C13H22N2S/c1-13(4-6-15(2)7-5-13)11-14-9-12-3-8-16-10-12/h3,8,10,14H,4-7,9,11H2,1-2H3. The fraction of sp³-hybridized carbons (Fsp3) is 0.692. The molecule has 0 bridgehead atoms. The molecular weight excluding hydrogens is 216 g/mol. The van der Waals surface area contributed by atoms with Crippen LogP contribution < -0.4 is 5.32 Å². The number of likely N-dealkylation sites (tertiary alicyclic amines) is 1. The highest BCUT2D eigenvalue weighted by atomic mass is 32.1. The van der Waals surface area contributed by atoms with Gasteiger partial charge in [-0.2, -0.15) is 11.3 Å². The van der Waals surface area contributed by atoms with Crippen molar-refractivity contribution in [2.45, 2.75) is 26.3 Å². The Bertz CT molecular complexity index is 300. The number of nitrogens with zero attached hydrogens (tertiary/aromatic N) is 1. The quantitative estimate of drug-likeness (QED) is 0.867. The molecule has 1 aliphatic rings. The lowest BCUT2D eigenvalue weighted by molar-refractivity contribution is 0.137. The number of piperidine rings is 1. The van der Waals surface area contributed by atoms with Crippen LogP contribution in [0.3, 0.4) is 0 Å². The van der Waals surface area contributed by atoms with Gasteiger partial charge in [0.25, 0.3) is 0 Å². The Balaban J connectivity index is 1.73. The van der Waals surface area contributed by atoms with Gasteiger partial charge in [-0.25, -0.2) is 0 Å². The van der Waals surface area contributed by atoms with Crippen molar-refractivity contribution in [3.8, 4) is 0 Å². The molecule has 90 valence electrons. The minimum Gasteiger partial charge on any atom is -0.312 e. The minimum absolute atomic E-state index is 0.503. The van der Waals surface area contributed by atoms with Crippen molar-refractivity contribution < 1.29 is 0 Å². The summed E-state index contributed by atoms with van der Waals surface area (Å²) in [6.45, 7) is 7.08. The molecule has 0 atom stereocenters. The molecule has 1 fully saturated rings. The zero-order chi connectivity index (χ0) is 11.4. The molecule has 2 nitrogen and oxygen atoms in total. The van der Waals surface area contributed by atoms with Gasteiger partial charge in [-0.3, -0.25) is 0 Å². The van der Waals surface area contributed by atoms with Crippen LogP contribution in [-0.4, -0.2) is 31.6 Å². The van der Waals surface area contributed by atoms with Crippen molar-refractivity contribution in [1.29, 1.82) is 0 Å². The summed E-state index contributed by atoms with van der Waals surface area (Å²) >= 11 is 1.78. The Morgan fingerprint density at radius 2 is 2.19 bits per heavy atom. The number of nitrogens with one attached hydrogen (secondary N) is 1. The van der Waals surface area contributed by atoms with Crippen LogP contribution in [0.15, 0.2) is 16.8 Å². The van der Waals surface area contributed by atoms with Gasteiger partial charge >= 0.3 is 0 Å². The lowest BCUT2D eigenvalue weighted by atomic mass is 9.80. The zero-order valence-electron chi connectivity index (χ0n) is 10.3. The average Bonchev–Trinajstić information content (AvgIpc) is 2.76. The van der Waals surface area contributed by atoms with Gasteiger partial charge in [0.05, 0.1) is 0 Å². The first kappa shape index (κ1) is 12.1. The van der Waals surface area contributed by atoms with Gasteiger partial charge in [0, 0.05) is 13.1 Å². The van der Waals surface area contributed by atoms with Gasteiger partial charge in [-0.1, -0.05) is 6.92 Å². The molecule has 0 radical (unpaired) electrons. The van der Waals surface area contributed by atoms with Crippen molar-refractivity contribution in [3.05, 3.63) is 22.4 Å². The predicted molar refractivity (Wildman–Crippen MR) is 70.9 cm³/mol. The van der Waals surface area contributed by atoms with E-state index in [2.05, 4.69) is 41.0 Å². The molecular formula is C13H22N2S. The summed E-state index contributed by atoms with van der Waals surface area (Å²) in [5.74, 6) is 0. The Hall–Kier alpha value is -0.380. The van der Waals surface area contributed by atoms with E-state index in [0.717, 1.165) is 13.1 Å². The Kier molecular flexibility index (Phi) is 4.00. The molecule has 1 aromatic rings. The van der Waals surface area contributed by atoms with Crippen LogP contribution in [0.1, 0.15) is 25.3 Å². The van der Waals surface area contributed by atoms with Gasteiger partial charge in [0.2, 0.25) is 0 Å². The zero-order valence-corrected chi connectivity index (χ0v) is 11.1. The van der Waals surface area contributed by atoms with Crippen LogP contribution in [0.5, 0.6) is 0 Å². The highest BCUT2D eigenvalue weighted by molar-refractivity contribution is 7.07. The Morgan fingerprint density at radius 1 is 1.44 bits per heavy atom. The lowest BCUT2D eigenvalue weighted by Crippen LogP contribution is -2.41. The maximum Gasteiger partial charge on any atom is 0.0213 e. The van der Waals surface area contributed by atoms with E-state index in [1.54, 1.807) is 11.3 Å². The van der Waals surface area contributed by atoms with Crippen LogP contribution >= 0.6 is 11.3 Å². The lowest BCUT2D eigenvalue weighted by Gasteiger charge is -2.38. The third kappa shape index (κ3) is 3.30. The second-order valence-corrected chi connectivity index (χ2v) is 6.13. The summed E-state index contributed by atoms with van der Waals surface area (Å²) in [5, 5.41) is 7.97. The molecule has 0 aliphatic carbocycles. The highest BCUT2D eigenvalue weighted by Crippen LogP contribution is 2.29. The normalized spacial score (nSPS) is 21.1. The smallest absolute Gasteiger partial charge is 0.0213 e. The maximum absolute atomic E-state index is 3.60. The number of rotatable bonds is 4. The van der Waals surface area contributed by atoms with Crippen molar-refractivity contribution in [2.24, 2.45) is 5.41 Å². The Morgan fingerprint density at radius 3 is 2.81 bits per heavy atom. The molecule has 3 heteroatoms. The molecule has 2 rings (SSSR count). The fourth-order valence-corrected chi connectivity index (χ4v) is 2.91. The van der Waals surface area contributed by atoms with Crippen LogP contribution in [0.25, 0.3) is 0 Å². The van der Waals surface area contributed by atoms with E-state index < -0.39 is 0 Å². The predicted octanol–water partition coefficient (Wildman–Crippen LogP) is 2.57. The molecule has 0 aromatic carbocycles. The highest BCUT2D eigenvalue weighted by Gasteiger charge is 2.28. The largest absolute Gasteiger partial charge is 0.312 e. The van der Waals surface area contributed by atoms with E-state index in [0.29, 0.717) is 5.41 Å². The van der Waals surface area contributed by atoms with E-state index in [1.807, 2.05) is 0 Å². The first-order valence-electron chi connectivity index (χ1n) is 6.08. The summed E-state index contributed by atoms with van der Waals surface area (Å²) in [7, 11) is 2.22. The monoisotopic (exact) mass is 238 g/mol. The summed E-state index contributed by atoms with van der Waals surface area (Å²) in [6, 6.07) is 2.20. The number of hydrogen-bond donors (Lipinski definition) is 1. The second-order valence-electron chi connectivity index (χ2n) is 5.35. The minimum atomic E-state index is 0.503. The SMILES string of the molecule is CN1CCC(C)(CNCc2ccsc2)CC1. The third-order valence-electron chi connectivity index (χ3n) is 3.66. The molecule has 0 spiro atoms. The second kappa shape index (κ2) is 5.30. The summed E-state index contributed by atoms with van der Waals surface area (Å²) in [4.78, 5) is 2.43. The molecule has 2 heterocycles. The van der Waals surface area contributed by atoms with Crippen molar-refractivity contribution in [1.82, 2.24) is 10.2 Å². The molecule has 1 N–H and O–H groups in total. The maximum atomic E-state index is 3.60. The van der Waals surface area contributed by atoms with Crippen LogP contribution in [0.2, 0.25) is 0 Å². The van der Waals surface area contributed by atoms with Gasteiger partial charge in [0.15, 0.2) is 0 Å². The first-order chi connectivity index (χ1) is 7.68. The van der Waals surface area contributed by atoms with E-state index in [-0.39, 0.29) is 0 Å². The van der Waals surface area contributed by atoms with Gasteiger partial charge < -0.3 is 10.2 Å². The molecule has 1 aromatic heterocycles. The van der Waals surface area contributed by atoms with Crippen LogP contribution in [0, 0.1) is 5.41 Å². The first-order valence-corrected chi connectivity index (χ1v) is 7.03. The topological polar surface area (TPSA) is 15.3 Å². The van der Waals surface area contributed by atoms with Gasteiger partial charge in [0.1, 0.15) is 0 Å². The molecule has 0 saturated carbocycles. The van der Waals surface area contributed by atoms with Crippen LogP contribution in [-0.2, 0) is 6.54 Å². The van der Waals surface area contributed by atoms with E-state index in [4.69, 9.17) is 0 Å². The van der Waals surface area contributed by atoms with E-state index in [1.165, 1.54) is 31.5 Å². The number of hydrogen-bond acceptors (Lipinski definition) is 3. The van der Waals surface area contributed by atoms with Crippen LogP contribution in [0.4, 0.5) is 0 Å². The van der Waals surface area contributed by atoms with E-state index >= 15 is 0 Å². The summed E-state index contributed by atoms with van der Waals surface area (Å²) < 4.78 is 0. The van der Waals surface area contributed by atoms with Crippen molar-refractivity contribution >= 4 is 11.3 Å². The van der Waals surface area contributed by atoms with Gasteiger partial charge in [-0.05, 0) is 60.8 Å². The number of thiophene rings is 1. The molecule has 16 heavy (non-hydrogen) atoms. The van der Waals surface area contributed by atoms with E-state index in [9.17, 15) is 0 Å². The molecule has 1 aliphatic heterocycles. The molecule has 0 amide bonds. The fourth-order valence-electron chi connectivity index (χ4n) is 2.24. The van der Waals surface area contributed by atoms with Gasteiger partial charge in [-0.15, -0.1) is 0 Å². The molecule has 1 saturated heterocycles. The van der Waals surface area contributed by atoms with Crippen molar-refractivity contribution in [2.75, 3.05) is 26.7 Å². The van der Waals surface area contributed by atoms with Crippen molar-refractivity contribution in [3.63, 3.8) is 0 Å². The average molecular weight is 238 g/mol.